The first-order chi connectivity index (χ1) is 10.8. The van der Waals surface area contributed by atoms with E-state index in [0.717, 1.165) is 21.4 Å². The predicted octanol–water partition coefficient (Wildman–Crippen LogP) is 2.63. The van der Waals surface area contributed by atoms with Gasteiger partial charge in [-0.25, -0.2) is 0 Å². The molecule has 1 saturated heterocycles. The van der Waals surface area contributed by atoms with Gasteiger partial charge in [0.05, 0.1) is 6.54 Å². The van der Waals surface area contributed by atoms with Crippen molar-refractivity contribution in [3.63, 3.8) is 0 Å². The second kappa shape index (κ2) is 5.56. The van der Waals surface area contributed by atoms with Crippen LogP contribution in [0.15, 0.2) is 30.5 Å². The van der Waals surface area contributed by atoms with E-state index in [2.05, 4.69) is 4.98 Å². The molecule has 7 heteroatoms. The third kappa shape index (κ3) is 2.93. The van der Waals surface area contributed by atoms with Crippen molar-refractivity contribution < 1.29 is 23.1 Å². The lowest BCUT2D eigenvalue weighted by Gasteiger charge is -2.25. The number of aromatic nitrogens is 1. The van der Waals surface area contributed by atoms with Gasteiger partial charge in [-0.1, -0.05) is 18.2 Å². The van der Waals surface area contributed by atoms with E-state index < -0.39 is 24.7 Å². The van der Waals surface area contributed by atoms with Crippen molar-refractivity contribution >= 4 is 16.8 Å². The maximum atomic E-state index is 12.8. The Kier molecular flexibility index (Phi) is 3.83. The Morgan fingerprint density at radius 2 is 2.09 bits per heavy atom. The second-order valence-electron chi connectivity index (χ2n) is 5.95. The number of aliphatic hydroxyl groups is 1. The lowest BCUT2D eigenvalue weighted by Crippen LogP contribution is -2.48. The number of carbonyl (C=O) groups is 1. The van der Waals surface area contributed by atoms with Crippen LogP contribution in [0, 0.1) is 0 Å². The van der Waals surface area contributed by atoms with Crippen molar-refractivity contribution in [1.29, 1.82) is 0 Å². The van der Waals surface area contributed by atoms with E-state index in [0.29, 0.717) is 6.42 Å². The maximum Gasteiger partial charge on any atom is 0.419 e. The number of alkyl halides is 3. The van der Waals surface area contributed by atoms with Crippen LogP contribution >= 0.6 is 0 Å². The molecule has 1 atom stereocenters. The average molecular weight is 326 g/mol. The Bertz CT molecular complexity index is 725. The van der Waals surface area contributed by atoms with Crippen molar-refractivity contribution in [2.45, 2.75) is 31.0 Å². The Morgan fingerprint density at radius 3 is 2.78 bits per heavy atom. The SMILES string of the molecule is O=C(CCc1c[nH]c2ccccc12)N1CC[C@](O)(C(F)(F)F)C1. The molecule has 2 N–H and O–H groups in total. The molecule has 0 unspecified atom stereocenters. The monoisotopic (exact) mass is 326 g/mol. The standard InChI is InChI=1S/C16H17F3N2O2/c17-16(18,19)15(23)7-8-21(10-15)14(22)6-5-11-9-20-13-4-2-1-3-12(11)13/h1-4,9,20,23H,5-8,10H2/t15-/m1/s1. The van der Waals surface area contributed by atoms with Crippen LogP contribution in [0.2, 0.25) is 0 Å². The van der Waals surface area contributed by atoms with Gasteiger partial charge in [-0.2, -0.15) is 13.2 Å². The number of aromatic amines is 1. The molecule has 0 radical (unpaired) electrons. The molecular formula is C16H17F3N2O2. The first kappa shape index (κ1) is 15.9. The summed E-state index contributed by atoms with van der Waals surface area (Å²) in [5.41, 5.74) is -0.856. The number of likely N-dealkylation sites (tertiary alicyclic amines) is 1. The number of halogens is 3. The Balaban J connectivity index is 1.62. The number of nitrogens with zero attached hydrogens (tertiary/aromatic N) is 1. The van der Waals surface area contributed by atoms with Gasteiger partial charge in [0.25, 0.3) is 0 Å². The molecule has 3 rings (SSSR count). The summed E-state index contributed by atoms with van der Waals surface area (Å²) in [5, 5.41) is 10.6. The Hall–Kier alpha value is -2.02. The normalized spacial score (nSPS) is 22.0. The summed E-state index contributed by atoms with van der Waals surface area (Å²) in [6.45, 7) is -0.744. The van der Waals surface area contributed by atoms with E-state index in [4.69, 9.17) is 0 Å². The molecule has 2 aromatic rings. The van der Waals surface area contributed by atoms with Gasteiger partial charge in [0, 0.05) is 36.5 Å². The molecule has 1 aliphatic heterocycles. The van der Waals surface area contributed by atoms with Crippen molar-refractivity contribution in [3.05, 3.63) is 36.0 Å². The highest BCUT2D eigenvalue weighted by molar-refractivity contribution is 5.84. The van der Waals surface area contributed by atoms with Crippen LogP contribution < -0.4 is 0 Å². The summed E-state index contributed by atoms with van der Waals surface area (Å²) in [7, 11) is 0. The predicted molar refractivity (Wildman–Crippen MR) is 78.8 cm³/mol. The van der Waals surface area contributed by atoms with Gasteiger partial charge in [0.15, 0.2) is 5.60 Å². The number of rotatable bonds is 3. The number of aryl methyl sites for hydroxylation is 1. The smallest absolute Gasteiger partial charge is 0.379 e. The van der Waals surface area contributed by atoms with Crippen LogP contribution in [-0.2, 0) is 11.2 Å². The molecule has 124 valence electrons. The number of hydrogen-bond donors (Lipinski definition) is 2. The number of amides is 1. The summed E-state index contributed by atoms with van der Waals surface area (Å²) >= 11 is 0. The van der Waals surface area contributed by atoms with E-state index in [1.165, 1.54) is 0 Å². The number of β-amino-alcohol motifs (C(OH)–C–C–N with tert-alkyl or cyclic N) is 1. The van der Waals surface area contributed by atoms with E-state index >= 15 is 0 Å². The molecule has 1 aromatic carbocycles. The van der Waals surface area contributed by atoms with Crippen LogP contribution in [0.4, 0.5) is 13.2 Å². The van der Waals surface area contributed by atoms with Crippen LogP contribution in [0.1, 0.15) is 18.4 Å². The van der Waals surface area contributed by atoms with Gasteiger partial charge in [0.1, 0.15) is 0 Å². The van der Waals surface area contributed by atoms with E-state index in [9.17, 15) is 23.1 Å². The van der Waals surface area contributed by atoms with Gasteiger partial charge in [-0.15, -0.1) is 0 Å². The summed E-state index contributed by atoms with van der Waals surface area (Å²) in [5.74, 6) is -0.365. The van der Waals surface area contributed by atoms with E-state index in [1.807, 2.05) is 30.5 Å². The van der Waals surface area contributed by atoms with Gasteiger partial charge >= 0.3 is 6.18 Å². The molecule has 1 fully saturated rings. The van der Waals surface area contributed by atoms with E-state index in [1.54, 1.807) is 0 Å². The zero-order valence-electron chi connectivity index (χ0n) is 12.4. The molecular weight excluding hydrogens is 309 g/mol. The first-order valence-electron chi connectivity index (χ1n) is 7.42. The van der Waals surface area contributed by atoms with Crippen molar-refractivity contribution in [3.8, 4) is 0 Å². The van der Waals surface area contributed by atoms with Gasteiger partial charge in [-0.3, -0.25) is 4.79 Å². The minimum atomic E-state index is -4.71. The topological polar surface area (TPSA) is 56.3 Å². The zero-order valence-corrected chi connectivity index (χ0v) is 12.4. The molecule has 0 aliphatic carbocycles. The van der Waals surface area contributed by atoms with Crippen molar-refractivity contribution in [2.24, 2.45) is 0 Å². The number of hydrogen-bond acceptors (Lipinski definition) is 2. The fourth-order valence-electron chi connectivity index (χ4n) is 2.98. The number of fused-ring (bicyclic) bond motifs is 1. The third-order valence-corrected chi connectivity index (χ3v) is 4.41. The lowest BCUT2D eigenvalue weighted by molar-refractivity contribution is -0.253. The second-order valence-corrected chi connectivity index (χ2v) is 5.95. The minimum Gasteiger partial charge on any atom is -0.379 e. The van der Waals surface area contributed by atoms with Crippen molar-refractivity contribution in [2.75, 3.05) is 13.1 Å². The van der Waals surface area contributed by atoms with Crippen LogP contribution in [0.25, 0.3) is 10.9 Å². The minimum absolute atomic E-state index is 0.0667. The zero-order chi connectivity index (χ0) is 16.7. The summed E-state index contributed by atoms with van der Waals surface area (Å²) in [6, 6.07) is 7.65. The summed E-state index contributed by atoms with van der Waals surface area (Å²) in [4.78, 5) is 16.3. The molecule has 0 saturated carbocycles. The summed E-state index contributed by atoms with van der Waals surface area (Å²) < 4.78 is 38.3. The molecule has 1 amide bonds. The molecule has 4 nitrogen and oxygen atoms in total. The van der Waals surface area contributed by atoms with Gasteiger partial charge < -0.3 is 15.0 Å². The van der Waals surface area contributed by atoms with Crippen LogP contribution in [0.3, 0.4) is 0 Å². The molecule has 2 heterocycles. The maximum absolute atomic E-state index is 12.8. The van der Waals surface area contributed by atoms with Gasteiger partial charge in [0.2, 0.25) is 5.91 Å². The highest BCUT2D eigenvalue weighted by Gasteiger charge is 2.57. The van der Waals surface area contributed by atoms with Crippen LogP contribution in [-0.4, -0.2) is 45.8 Å². The fraction of sp³-hybridized carbons (Fsp3) is 0.438. The summed E-state index contributed by atoms with van der Waals surface area (Å²) in [6.07, 6.45) is -2.79. The van der Waals surface area contributed by atoms with Gasteiger partial charge in [-0.05, 0) is 18.1 Å². The Morgan fingerprint density at radius 1 is 1.35 bits per heavy atom. The molecule has 1 aromatic heterocycles. The molecule has 0 spiro atoms. The quantitative estimate of drug-likeness (QED) is 0.911. The largest absolute Gasteiger partial charge is 0.419 e. The number of para-hydroxylation sites is 1. The molecule has 23 heavy (non-hydrogen) atoms. The number of benzene rings is 1. The highest BCUT2D eigenvalue weighted by atomic mass is 19.4. The average Bonchev–Trinajstić information content (AvgIpc) is 3.09. The highest BCUT2D eigenvalue weighted by Crippen LogP contribution is 2.37. The molecule has 0 bridgehead atoms. The van der Waals surface area contributed by atoms with Crippen molar-refractivity contribution in [1.82, 2.24) is 9.88 Å². The Labute approximate surface area is 130 Å². The number of carbonyl (C=O) groups excluding carboxylic acids is 1. The lowest BCUT2D eigenvalue weighted by atomic mass is 10.0. The fourth-order valence-corrected chi connectivity index (χ4v) is 2.98. The van der Waals surface area contributed by atoms with Crippen LogP contribution in [0.5, 0.6) is 0 Å². The van der Waals surface area contributed by atoms with E-state index in [-0.39, 0.29) is 18.9 Å². The number of nitrogens with one attached hydrogen (secondary N) is 1. The third-order valence-electron chi connectivity index (χ3n) is 4.41. The number of H-pyrrole nitrogens is 1. The first-order valence-corrected chi connectivity index (χ1v) is 7.42. The molecule has 1 aliphatic rings.